The molecular weight excluding hydrogens is 214 g/mol. The minimum Gasteiger partial charge on any atom is -0.496 e. The summed E-state index contributed by atoms with van der Waals surface area (Å²) < 4.78 is 5.24. The third-order valence-corrected chi connectivity index (χ3v) is 3.06. The van der Waals surface area contributed by atoms with E-state index in [0.29, 0.717) is 0 Å². The first-order chi connectivity index (χ1) is 8.11. The van der Waals surface area contributed by atoms with Crippen LogP contribution in [-0.2, 0) is 0 Å². The first-order valence-electron chi connectivity index (χ1n) is 5.77. The SMILES string of the molecule is COc1ccc(N=C2N(C)CCN2C)cc1C. The number of ether oxygens (including phenoxy) is 1. The zero-order valence-electron chi connectivity index (χ0n) is 10.9. The summed E-state index contributed by atoms with van der Waals surface area (Å²) >= 11 is 0. The van der Waals surface area contributed by atoms with Crippen LogP contribution < -0.4 is 4.74 Å². The van der Waals surface area contributed by atoms with Crippen LogP contribution in [0.15, 0.2) is 23.2 Å². The maximum Gasteiger partial charge on any atom is 0.201 e. The quantitative estimate of drug-likeness (QED) is 0.780. The van der Waals surface area contributed by atoms with Gasteiger partial charge in [0.05, 0.1) is 12.8 Å². The number of aliphatic imine (C=N–C) groups is 1. The number of aryl methyl sites for hydroxylation is 1. The normalized spacial score (nSPS) is 15.4. The zero-order valence-corrected chi connectivity index (χ0v) is 10.9. The van der Waals surface area contributed by atoms with Gasteiger partial charge >= 0.3 is 0 Å². The highest BCUT2D eigenvalue weighted by Crippen LogP contribution is 2.24. The second-order valence-corrected chi connectivity index (χ2v) is 4.41. The van der Waals surface area contributed by atoms with Crippen molar-refractivity contribution in [2.75, 3.05) is 34.3 Å². The molecule has 0 spiro atoms. The Balaban J connectivity index is 2.29. The summed E-state index contributed by atoms with van der Waals surface area (Å²) in [6.45, 7) is 4.10. The molecule has 0 radical (unpaired) electrons. The van der Waals surface area contributed by atoms with Gasteiger partial charge in [0.25, 0.3) is 0 Å². The predicted molar refractivity (Wildman–Crippen MR) is 70.1 cm³/mol. The molecule has 17 heavy (non-hydrogen) atoms. The van der Waals surface area contributed by atoms with E-state index in [2.05, 4.69) is 28.9 Å². The minimum absolute atomic E-state index is 0.905. The van der Waals surface area contributed by atoms with Crippen LogP contribution in [0.2, 0.25) is 0 Å². The second kappa shape index (κ2) is 4.65. The Labute approximate surface area is 103 Å². The largest absolute Gasteiger partial charge is 0.496 e. The molecule has 4 heteroatoms. The average Bonchev–Trinajstić information content (AvgIpc) is 2.61. The van der Waals surface area contributed by atoms with Crippen LogP contribution in [0.5, 0.6) is 5.75 Å². The first-order valence-corrected chi connectivity index (χ1v) is 5.77. The lowest BCUT2D eigenvalue weighted by Crippen LogP contribution is -2.27. The van der Waals surface area contributed by atoms with Gasteiger partial charge in [-0.05, 0) is 30.7 Å². The lowest BCUT2D eigenvalue weighted by Gasteiger charge is -2.15. The number of likely N-dealkylation sites (N-methyl/N-ethyl adjacent to an activating group) is 2. The number of hydrogen-bond donors (Lipinski definition) is 0. The maximum absolute atomic E-state index is 5.24. The van der Waals surface area contributed by atoms with E-state index in [1.165, 1.54) is 0 Å². The highest BCUT2D eigenvalue weighted by Gasteiger charge is 2.19. The number of hydrogen-bond acceptors (Lipinski definition) is 2. The molecular formula is C13H19N3O. The molecule has 92 valence electrons. The van der Waals surface area contributed by atoms with Crippen molar-refractivity contribution in [2.24, 2.45) is 4.99 Å². The van der Waals surface area contributed by atoms with E-state index in [1.54, 1.807) is 7.11 Å². The van der Waals surface area contributed by atoms with Crippen LogP contribution in [0.3, 0.4) is 0 Å². The average molecular weight is 233 g/mol. The van der Waals surface area contributed by atoms with Crippen molar-refractivity contribution in [3.63, 3.8) is 0 Å². The summed E-state index contributed by atoms with van der Waals surface area (Å²) in [5.41, 5.74) is 2.08. The predicted octanol–water partition coefficient (Wildman–Crippen LogP) is 1.87. The van der Waals surface area contributed by atoms with Gasteiger partial charge in [-0.3, -0.25) is 0 Å². The van der Waals surface area contributed by atoms with E-state index >= 15 is 0 Å². The Bertz CT molecular complexity index is 430. The summed E-state index contributed by atoms with van der Waals surface area (Å²) in [4.78, 5) is 9.00. The topological polar surface area (TPSA) is 28.1 Å². The molecule has 1 aromatic carbocycles. The molecule has 0 saturated carbocycles. The number of guanidine groups is 1. The number of benzene rings is 1. The molecule has 0 aromatic heterocycles. The van der Waals surface area contributed by atoms with Gasteiger partial charge in [-0.25, -0.2) is 4.99 Å². The van der Waals surface area contributed by atoms with Crippen molar-refractivity contribution in [3.8, 4) is 5.75 Å². The maximum atomic E-state index is 5.24. The van der Waals surface area contributed by atoms with Crippen molar-refractivity contribution in [1.29, 1.82) is 0 Å². The number of rotatable bonds is 2. The monoisotopic (exact) mass is 233 g/mol. The van der Waals surface area contributed by atoms with Crippen molar-refractivity contribution in [2.45, 2.75) is 6.92 Å². The van der Waals surface area contributed by atoms with Gasteiger partial charge in [0.2, 0.25) is 5.96 Å². The first kappa shape index (κ1) is 11.8. The molecule has 1 aliphatic heterocycles. The molecule has 1 saturated heterocycles. The molecule has 0 amide bonds. The van der Waals surface area contributed by atoms with Gasteiger partial charge in [-0.1, -0.05) is 0 Å². The third kappa shape index (κ3) is 2.35. The molecule has 0 atom stereocenters. The molecule has 4 nitrogen and oxygen atoms in total. The zero-order chi connectivity index (χ0) is 12.4. The summed E-state index contributed by atoms with van der Waals surface area (Å²) in [6.07, 6.45) is 0. The van der Waals surface area contributed by atoms with E-state index in [-0.39, 0.29) is 0 Å². The Morgan fingerprint density at radius 3 is 2.35 bits per heavy atom. The molecule has 1 heterocycles. The van der Waals surface area contributed by atoms with Crippen LogP contribution in [0.4, 0.5) is 5.69 Å². The highest BCUT2D eigenvalue weighted by atomic mass is 16.5. The lowest BCUT2D eigenvalue weighted by atomic mass is 10.2. The minimum atomic E-state index is 0.905. The van der Waals surface area contributed by atoms with Crippen molar-refractivity contribution < 1.29 is 4.74 Å². The number of methoxy groups -OCH3 is 1. The van der Waals surface area contributed by atoms with Gasteiger partial charge in [0.15, 0.2) is 0 Å². The Morgan fingerprint density at radius 1 is 1.18 bits per heavy atom. The molecule has 1 aliphatic rings. The van der Waals surface area contributed by atoms with Gasteiger partial charge in [0, 0.05) is 27.2 Å². The summed E-state index contributed by atoms with van der Waals surface area (Å²) in [5, 5.41) is 0. The third-order valence-electron chi connectivity index (χ3n) is 3.06. The number of nitrogens with zero attached hydrogens (tertiary/aromatic N) is 3. The fourth-order valence-corrected chi connectivity index (χ4v) is 2.01. The van der Waals surface area contributed by atoms with Crippen LogP contribution in [0.1, 0.15) is 5.56 Å². The van der Waals surface area contributed by atoms with Crippen LogP contribution in [0, 0.1) is 6.92 Å². The smallest absolute Gasteiger partial charge is 0.201 e. The van der Waals surface area contributed by atoms with Crippen molar-refractivity contribution in [3.05, 3.63) is 23.8 Å². The standard InChI is InChI=1S/C13H19N3O/c1-10-9-11(5-6-12(10)17-4)14-13-15(2)7-8-16(13)3/h5-6,9H,7-8H2,1-4H3. The van der Waals surface area contributed by atoms with E-state index in [9.17, 15) is 0 Å². The van der Waals surface area contributed by atoms with E-state index in [0.717, 1.165) is 36.0 Å². The van der Waals surface area contributed by atoms with E-state index < -0.39 is 0 Å². The lowest BCUT2D eigenvalue weighted by molar-refractivity contribution is 0.412. The molecule has 0 aliphatic carbocycles. The Hall–Kier alpha value is -1.71. The summed E-state index contributed by atoms with van der Waals surface area (Å²) in [6, 6.07) is 5.99. The van der Waals surface area contributed by atoms with Gasteiger partial charge in [-0.2, -0.15) is 0 Å². The molecule has 0 N–H and O–H groups in total. The van der Waals surface area contributed by atoms with Crippen molar-refractivity contribution in [1.82, 2.24) is 9.80 Å². The molecule has 1 fully saturated rings. The molecule has 0 unspecified atom stereocenters. The second-order valence-electron chi connectivity index (χ2n) is 4.41. The van der Waals surface area contributed by atoms with Crippen LogP contribution in [0.25, 0.3) is 0 Å². The molecule has 0 bridgehead atoms. The van der Waals surface area contributed by atoms with Gasteiger partial charge < -0.3 is 14.5 Å². The fourth-order valence-electron chi connectivity index (χ4n) is 2.01. The Kier molecular flexibility index (Phi) is 3.22. The van der Waals surface area contributed by atoms with Crippen molar-refractivity contribution >= 4 is 11.6 Å². The van der Waals surface area contributed by atoms with Crippen LogP contribution >= 0.6 is 0 Å². The molecule has 1 aromatic rings. The van der Waals surface area contributed by atoms with E-state index in [1.807, 2.05) is 25.1 Å². The summed E-state index contributed by atoms with van der Waals surface area (Å²) in [5.74, 6) is 1.93. The Morgan fingerprint density at radius 2 is 1.82 bits per heavy atom. The van der Waals surface area contributed by atoms with Gasteiger partial charge in [-0.15, -0.1) is 0 Å². The van der Waals surface area contributed by atoms with Crippen LogP contribution in [-0.4, -0.2) is 50.1 Å². The fraction of sp³-hybridized carbons (Fsp3) is 0.462. The summed E-state index contributed by atoms with van der Waals surface area (Å²) in [7, 11) is 5.82. The van der Waals surface area contributed by atoms with E-state index in [4.69, 9.17) is 4.74 Å². The highest BCUT2D eigenvalue weighted by molar-refractivity contribution is 5.84. The van der Waals surface area contributed by atoms with Gasteiger partial charge in [0.1, 0.15) is 5.75 Å². The molecule has 2 rings (SSSR count).